The van der Waals surface area contributed by atoms with Gasteiger partial charge in [-0.1, -0.05) is 0 Å². The number of carbonyl (C=O) groups excluding carboxylic acids is 1. The molecule has 11 nitrogen and oxygen atoms in total. The third-order valence-corrected chi connectivity index (χ3v) is 9.57. The number of hydrogen-bond acceptors (Lipinski definition) is 8. The molecule has 1 amide bonds. The van der Waals surface area contributed by atoms with E-state index in [1.54, 1.807) is 6.20 Å². The second-order valence-electron chi connectivity index (χ2n) is 12.9. The molecule has 2 unspecified atom stereocenters. The number of aromatic nitrogens is 5. The highest BCUT2D eigenvalue weighted by molar-refractivity contribution is 5.69. The molecule has 1 aromatic carbocycles. The summed E-state index contributed by atoms with van der Waals surface area (Å²) in [5.74, 6) is 2.67. The molecule has 4 aromatic rings. The summed E-state index contributed by atoms with van der Waals surface area (Å²) in [6, 6.07) is 8.59. The number of anilines is 2. The number of halogens is 3. The van der Waals surface area contributed by atoms with Gasteiger partial charge in [-0.05, 0) is 74.8 Å². The summed E-state index contributed by atoms with van der Waals surface area (Å²) >= 11 is 0. The Bertz CT molecular complexity index is 1700. The van der Waals surface area contributed by atoms with Crippen molar-refractivity contribution in [3.8, 4) is 5.75 Å². The van der Waals surface area contributed by atoms with Gasteiger partial charge in [0, 0.05) is 55.2 Å². The average Bonchev–Trinajstić information content (AvgIpc) is 3.69. The van der Waals surface area contributed by atoms with Gasteiger partial charge in [0.2, 0.25) is 5.95 Å². The Balaban J connectivity index is 0.836. The maximum atomic E-state index is 12.8. The minimum absolute atomic E-state index is 0.0183. The quantitative estimate of drug-likeness (QED) is 0.227. The summed E-state index contributed by atoms with van der Waals surface area (Å²) in [6.07, 6.45) is 4.55. The molecule has 0 radical (unpaired) electrons. The van der Waals surface area contributed by atoms with Crippen molar-refractivity contribution in [1.82, 2.24) is 34.8 Å². The minimum Gasteiger partial charge on any atom is -0.488 e. The molecule has 236 valence electrons. The van der Waals surface area contributed by atoms with Crippen LogP contribution in [0.1, 0.15) is 61.4 Å². The maximum absolute atomic E-state index is 12.8. The highest BCUT2D eigenvalue weighted by Crippen LogP contribution is 2.57. The summed E-state index contributed by atoms with van der Waals surface area (Å²) in [5.41, 5.74) is 1.92. The molecule has 0 spiro atoms. The minimum atomic E-state index is -4.36. The van der Waals surface area contributed by atoms with Gasteiger partial charge < -0.3 is 20.1 Å². The van der Waals surface area contributed by atoms with Crippen molar-refractivity contribution in [2.24, 2.45) is 5.92 Å². The first-order chi connectivity index (χ1) is 21.7. The predicted molar refractivity (Wildman–Crippen MR) is 156 cm³/mol. The van der Waals surface area contributed by atoms with E-state index in [0.717, 1.165) is 73.6 Å². The number of amides is 1. The van der Waals surface area contributed by atoms with E-state index in [-0.39, 0.29) is 29.8 Å². The van der Waals surface area contributed by atoms with Gasteiger partial charge in [0.15, 0.2) is 5.82 Å². The van der Waals surface area contributed by atoms with Crippen molar-refractivity contribution in [2.75, 3.05) is 18.4 Å². The molecule has 3 N–H and O–H groups in total. The molecule has 1 aliphatic heterocycles. The molecule has 2 atom stereocenters. The lowest BCUT2D eigenvalue weighted by atomic mass is 9.50. The number of H-pyrrole nitrogens is 1. The topological polar surface area (TPSA) is 122 Å². The van der Waals surface area contributed by atoms with Crippen molar-refractivity contribution < 1.29 is 27.4 Å². The Labute approximate surface area is 256 Å². The molecule has 1 saturated heterocycles. The first kappa shape index (κ1) is 28.2. The fourth-order valence-corrected chi connectivity index (χ4v) is 7.09. The number of fused-ring (bicyclic) bond motifs is 1. The van der Waals surface area contributed by atoms with Gasteiger partial charge in [0.05, 0.1) is 11.3 Å². The van der Waals surface area contributed by atoms with E-state index in [9.17, 15) is 18.0 Å². The highest BCUT2D eigenvalue weighted by atomic mass is 19.4. The van der Waals surface area contributed by atoms with Crippen molar-refractivity contribution >= 4 is 23.5 Å². The third kappa shape index (κ3) is 5.67. The van der Waals surface area contributed by atoms with E-state index in [4.69, 9.17) is 14.5 Å². The Morgan fingerprint density at radius 1 is 1.09 bits per heavy atom. The number of nitrogens with zero attached hydrogens (tertiary/aromatic N) is 5. The molecule has 4 saturated carbocycles. The Morgan fingerprint density at radius 2 is 1.89 bits per heavy atom. The lowest BCUT2D eigenvalue weighted by molar-refractivity contribution is -0.137. The largest absolute Gasteiger partial charge is 0.488 e. The van der Waals surface area contributed by atoms with Gasteiger partial charge in [-0.3, -0.25) is 14.4 Å². The van der Waals surface area contributed by atoms with Gasteiger partial charge >= 0.3 is 12.3 Å². The summed E-state index contributed by atoms with van der Waals surface area (Å²) in [7, 11) is 0. The number of alkyl halides is 3. The smallest absolute Gasteiger partial charge is 0.416 e. The van der Waals surface area contributed by atoms with Crippen LogP contribution in [0.3, 0.4) is 0 Å². The number of alkyl carbamates (subject to hydrolysis) is 1. The molecule has 3 aromatic heterocycles. The molecule has 4 heterocycles. The van der Waals surface area contributed by atoms with Crippen molar-refractivity contribution in [3.63, 3.8) is 0 Å². The number of rotatable bonds is 9. The Hall–Kier alpha value is -4.33. The van der Waals surface area contributed by atoms with Crippen molar-refractivity contribution in [1.29, 1.82) is 0 Å². The van der Waals surface area contributed by atoms with Crippen LogP contribution in [0, 0.1) is 5.92 Å². The van der Waals surface area contributed by atoms with E-state index in [1.807, 2.05) is 22.7 Å². The third-order valence-electron chi connectivity index (χ3n) is 9.57. The zero-order chi connectivity index (χ0) is 30.8. The van der Waals surface area contributed by atoms with Crippen molar-refractivity contribution in [3.05, 3.63) is 65.7 Å². The van der Waals surface area contributed by atoms with Crippen LogP contribution in [0.25, 0.3) is 5.65 Å². The zero-order valence-electron chi connectivity index (χ0n) is 24.4. The summed E-state index contributed by atoms with van der Waals surface area (Å²) in [6.45, 7) is 1.89. The SMILES string of the molecule is O=C(NC12CC(C1)C2)OC1CCC(c2cc(Nc3nccc4nc(CN5CC(Oc6ccc(C(F)(F)F)cc6)C5)cn34)n[nH]2)C1. The zero-order valence-corrected chi connectivity index (χ0v) is 24.4. The molecule has 4 aliphatic carbocycles. The van der Waals surface area contributed by atoms with Gasteiger partial charge in [-0.15, -0.1) is 0 Å². The molecule has 14 heteroatoms. The maximum Gasteiger partial charge on any atom is 0.416 e. The number of imidazole rings is 1. The van der Waals surface area contributed by atoms with E-state index in [0.29, 0.717) is 37.1 Å². The molecular formula is C31H33F3N8O3. The van der Waals surface area contributed by atoms with E-state index in [2.05, 4.69) is 30.7 Å². The predicted octanol–water partition coefficient (Wildman–Crippen LogP) is 5.39. The van der Waals surface area contributed by atoms with Crippen LogP contribution in [-0.4, -0.2) is 66.4 Å². The van der Waals surface area contributed by atoms with Crippen molar-refractivity contribution in [2.45, 2.75) is 74.9 Å². The van der Waals surface area contributed by atoms with E-state index >= 15 is 0 Å². The molecule has 5 fully saturated rings. The first-order valence-electron chi connectivity index (χ1n) is 15.4. The van der Waals surface area contributed by atoms with Gasteiger partial charge in [-0.2, -0.15) is 18.3 Å². The van der Waals surface area contributed by atoms with Crippen LogP contribution in [0.15, 0.2) is 48.8 Å². The normalized spacial score (nSPS) is 26.2. The van der Waals surface area contributed by atoms with Crippen LogP contribution >= 0.6 is 0 Å². The lowest BCUT2D eigenvalue weighted by Gasteiger charge is -2.61. The molecular weight excluding hydrogens is 589 g/mol. The van der Waals surface area contributed by atoms with Crippen LogP contribution < -0.4 is 15.4 Å². The number of carbonyl (C=O) groups is 1. The number of aromatic amines is 1. The molecule has 45 heavy (non-hydrogen) atoms. The Morgan fingerprint density at radius 3 is 2.62 bits per heavy atom. The number of ether oxygens (including phenoxy) is 2. The fraction of sp³-hybridized carbons (Fsp3) is 0.484. The van der Waals surface area contributed by atoms with Gasteiger partial charge in [0.25, 0.3) is 0 Å². The summed E-state index contributed by atoms with van der Waals surface area (Å²) in [5, 5.41) is 14.0. The molecule has 9 rings (SSSR count). The average molecular weight is 623 g/mol. The van der Waals surface area contributed by atoms with Crippen LogP contribution in [0.5, 0.6) is 5.75 Å². The number of likely N-dealkylation sites (tertiary alicyclic amines) is 1. The van der Waals surface area contributed by atoms with Gasteiger partial charge in [0.1, 0.15) is 23.6 Å². The summed E-state index contributed by atoms with van der Waals surface area (Å²) < 4.78 is 51.8. The number of nitrogens with one attached hydrogen (secondary N) is 3. The van der Waals surface area contributed by atoms with E-state index < -0.39 is 11.7 Å². The highest BCUT2D eigenvalue weighted by Gasteiger charge is 2.57. The van der Waals surface area contributed by atoms with Crippen LogP contribution in [0.2, 0.25) is 0 Å². The second-order valence-corrected chi connectivity index (χ2v) is 12.9. The van der Waals surface area contributed by atoms with Crippen LogP contribution in [0.4, 0.5) is 29.7 Å². The number of benzene rings is 1. The summed E-state index contributed by atoms with van der Waals surface area (Å²) in [4.78, 5) is 23.8. The van der Waals surface area contributed by atoms with Gasteiger partial charge in [-0.25, -0.2) is 14.8 Å². The van der Waals surface area contributed by atoms with E-state index in [1.165, 1.54) is 12.1 Å². The molecule has 2 bridgehead atoms. The monoisotopic (exact) mass is 622 g/mol. The Kier molecular flexibility index (Phi) is 6.66. The molecule has 5 aliphatic rings. The number of hydrogen-bond donors (Lipinski definition) is 3. The second kappa shape index (κ2) is 10.6. The standard InChI is InChI=1S/C31H33F3N8O3/c32-31(33,34)20-2-5-22(6-3-20)44-24-16-41(17-24)14-21-15-42-27(36-21)7-8-35-28(42)37-26-10-25(39-40-26)19-1-4-23(9-19)45-29(43)38-30-11-18(12-30)13-30/h2-3,5-8,10,15,18-19,23-24H,1,4,9,11-14,16-17H2,(H,38,43)(H2,35,37,39,40). The fourth-order valence-electron chi connectivity index (χ4n) is 7.09. The van der Waals surface area contributed by atoms with Crippen LogP contribution in [-0.2, 0) is 17.5 Å². The first-order valence-corrected chi connectivity index (χ1v) is 15.4. The lowest BCUT2D eigenvalue weighted by Crippen LogP contribution is -2.68.